The number of hydrogen-bond donors (Lipinski definition) is 2. The first kappa shape index (κ1) is 13.7. The normalized spacial score (nSPS) is 9.76. The Morgan fingerprint density at radius 1 is 1.41 bits per heavy atom. The van der Waals surface area contributed by atoms with E-state index in [2.05, 4.69) is 16.6 Å². The first-order chi connectivity index (χ1) is 8.11. The van der Waals surface area contributed by atoms with Crippen LogP contribution in [0.5, 0.6) is 0 Å². The van der Waals surface area contributed by atoms with Crippen molar-refractivity contribution < 1.29 is 8.78 Å². The van der Waals surface area contributed by atoms with Crippen LogP contribution < -0.4 is 10.6 Å². The van der Waals surface area contributed by atoms with Crippen LogP contribution in [0.2, 0.25) is 0 Å². The van der Waals surface area contributed by atoms with Crippen molar-refractivity contribution in [1.82, 2.24) is 5.32 Å². The number of nitrogens with one attached hydrogen (secondary N) is 2. The van der Waals surface area contributed by atoms with Crippen molar-refractivity contribution in [3.8, 4) is 12.3 Å². The van der Waals surface area contributed by atoms with Crippen LogP contribution in [-0.2, 0) is 0 Å². The Morgan fingerprint density at radius 2 is 2.06 bits per heavy atom. The largest absolute Gasteiger partial charge is 0.352 e. The zero-order valence-corrected chi connectivity index (χ0v) is 10.4. The van der Waals surface area contributed by atoms with Crippen LogP contribution in [0.3, 0.4) is 0 Å². The fourth-order valence-corrected chi connectivity index (χ4v) is 1.72. The van der Waals surface area contributed by atoms with Gasteiger partial charge < -0.3 is 10.6 Å². The molecule has 0 aliphatic rings. The highest BCUT2D eigenvalue weighted by Crippen LogP contribution is 2.26. The van der Waals surface area contributed by atoms with Gasteiger partial charge >= 0.3 is 0 Å². The number of hydrogen-bond acceptors (Lipinski definition) is 2. The lowest BCUT2D eigenvalue weighted by atomic mass is 10.3. The Labute approximate surface area is 108 Å². The molecule has 0 amide bonds. The SMILES string of the molecule is C#CCNC(=S)Nc1ccc(SC(F)F)cc1. The summed E-state index contributed by atoms with van der Waals surface area (Å²) in [6.45, 7) is 0.338. The van der Waals surface area contributed by atoms with E-state index in [9.17, 15) is 8.78 Å². The Morgan fingerprint density at radius 3 is 2.59 bits per heavy atom. The molecule has 0 saturated carbocycles. The topological polar surface area (TPSA) is 24.1 Å². The van der Waals surface area contributed by atoms with Gasteiger partial charge in [0.25, 0.3) is 5.76 Å². The van der Waals surface area contributed by atoms with E-state index in [0.29, 0.717) is 28.3 Å². The van der Waals surface area contributed by atoms with Crippen LogP contribution in [0.4, 0.5) is 14.5 Å². The van der Waals surface area contributed by atoms with Crippen molar-refractivity contribution in [2.45, 2.75) is 10.7 Å². The summed E-state index contributed by atoms with van der Waals surface area (Å²) in [7, 11) is 0. The van der Waals surface area contributed by atoms with Gasteiger partial charge in [-0.15, -0.1) is 6.42 Å². The number of anilines is 1. The fraction of sp³-hybridized carbons (Fsp3) is 0.182. The number of rotatable bonds is 4. The molecule has 2 nitrogen and oxygen atoms in total. The van der Waals surface area contributed by atoms with Crippen molar-refractivity contribution >= 4 is 34.8 Å². The van der Waals surface area contributed by atoms with Crippen LogP contribution in [0.25, 0.3) is 0 Å². The molecule has 90 valence electrons. The predicted molar refractivity (Wildman–Crippen MR) is 71.4 cm³/mol. The monoisotopic (exact) mass is 272 g/mol. The Kier molecular flexibility index (Phi) is 5.73. The molecule has 0 bridgehead atoms. The quantitative estimate of drug-likeness (QED) is 0.500. The Bertz CT molecular complexity index is 412. The first-order valence-corrected chi connectivity index (χ1v) is 5.94. The molecule has 0 heterocycles. The van der Waals surface area contributed by atoms with E-state index in [1.807, 2.05) is 0 Å². The van der Waals surface area contributed by atoms with Crippen LogP contribution in [0, 0.1) is 12.3 Å². The van der Waals surface area contributed by atoms with E-state index in [1.54, 1.807) is 24.3 Å². The van der Waals surface area contributed by atoms with Gasteiger partial charge in [0.05, 0.1) is 6.54 Å². The van der Waals surface area contributed by atoms with Gasteiger partial charge in [0.15, 0.2) is 5.11 Å². The molecule has 2 N–H and O–H groups in total. The van der Waals surface area contributed by atoms with Crippen LogP contribution in [0.1, 0.15) is 0 Å². The summed E-state index contributed by atoms with van der Waals surface area (Å²) in [5, 5.41) is 6.07. The predicted octanol–water partition coefficient (Wildman–Crippen LogP) is 2.92. The molecule has 0 aromatic heterocycles. The molecular weight excluding hydrogens is 262 g/mol. The average Bonchev–Trinajstić information content (AvgIpc) is 2.28. The third kappa shape index (κ3) is 5.52. The van der Waals surface area contributed by atoms with E-state index in [1.165, 1.54) is 0 Å². The minimum atomic E-state index is -2.41. The second-order valence-electron chi connectivity index (χ2n) is 2.91. The molecular formula is C11H10F2N2S2. The van der Waals surface area contributed by atoms with Gasteiger partial charge in [-0.05, 0) is 36.5 Å². The number of terminal acetylenes is 1. The minimum absolute atomic E-state index is 0.338. The molecule has 0 unspecified atom stereocenters. The third-order valence-electron chi connectivity index (χ3n) is 1.69. The summed E-state index contributed by atoms with van der Waals surface area (Å²) in [5.74, 6) is -0.0202. The molecule has 1 aromatic carbocycles. The molecule has 0 radical (unpaired) electrons. The summed E-state index contributed by atoms with van der Waals surface area (Å²) < 4.78 is 24.1. The molecule has 17 heavy (non-hydrogen) atoms. The molecule has 1 rings (SSSR count). The molecule has 6 heteroatoms. The highest BCUT2D eigenvalue weighted by molar-refractivity contribution is 7.99. The zero-order chi connectivity index (χ0) is 12.7. The second-order valence-corrected chi connectivity index (χ2v) is 4.39. The van der Waals surface area contributed by atoms with Gasteiger partial charge in [0, 0.05) is 10.6 Å². The standard InChI is InChI=1S/C11H10F2N2S2/c1-2-7-14-11(16)15-8-3-5-9(6-4-8)17-10(12)13/h1,3-6,10H,7H2,(H2,14,15,16). The molecule has 0 fully saturated rings. The van der Waals surface area contributed by atoms with Crippen molar-refractivity contribution in [1.29, 1.82) is 0 Å². The zero-order valence-electron chi connectivity index (χ0n) is 8.74. The summed E-state index contributed by atoms with van der Waals surface area (Å²) in [5.41, 5.74) is 0.720. The fourth-order valence-electron chi connectivity index (χ4n) is 1.03. The maximum Gasteiger partial charge on any atom is 0.288 e. The van der Waals surface area contributed by atoms with E-state index in [4.69, 9.17) is 18.6 Å². The van der Waals surface area contributed by atoms with Crippen LogP contribution in [-0.4, -0.2) is 17.4 Å². The van der Waals surface area contributed by atoms with Gasteiger partial charge in [0.1, 0.15) is 0 Å². The highest BCUT2D eigenvalue weighted by atomic mass is 32.2. The lowest BCUT2D eigenvalue weighted by Crippen LogP contribution is -2.28. The van der Waals surface area contributed by atoms with Crippen LogP contribution >= 0.6 is 24.0 Å². The van der Waals surface area contributed by atoms with E-state index in [0.717, 1.165) is 5.69 Å². The van der Waals surface area contributed by atoms with Gasteiger partial charge in [0.2, 0.25) is 0 Å². The van der Waals surface area contributed by atoms with Crippen molar-refractivity contribution in [3.05, 3.63) is 24.3 Å². The summed E-state index contributed by atoms with van der Waals surface area (Å²) in [4.78, 5) is 0.507. The molecule has 0 aliphatic carbocycles. The van der Waals surface area contributed by atoms with E-state index in [-0.39, 0.29) is 0 Å². The summed E-state index contributed by atoms with van der Waals surface area (Å²) in [6.07, 6.45) is 5.06. The third-order valence-corrected chi connectivity index (χ3v) is 2.66. The minimum Gasteiger partial charge on any atom is -0.352 e. The molecule has 0 saturated heterocycles. The first-order valence-electron chi connectivity index (χ1n) is 4.65. The lowest BCUT2D eigenvalue weighted by Gasteiger charge is -2.08. The smallest absolute Gasteiger partial charge is 0.288 e. The molecule has 0 spiro atoms. The molecule has 0 atom stereocenters. The van der Waals surface area contributed by atoms with E-state index >= 15 is 0 Å². The maximum absolute atomic E-state index is 12.1. The summed E-state index contributed by atoms with van der Waals surface area (Å²) >= 11 is 5.47. The number of benzene rings is 1. The number of thioether (sulfide) groups is 1. The molecule has 1 aromatic rings. The number of thiocarbonyl (C=S) groups is 1. The lowest BCUT2D eigenvalue weighted by molar-refractivity contribution is 0.252. The Balaban J connectivity index is 2.51. The highest BCUT2D eigenvalue weighted by Gasteiger charge is 2.04. The van der Waals surface area contributed by atoms with Crippen LogP contribution in [0.15, 0.2) is 29.2 Å². The van der Waals surface area contributed by atoms with Gasteiger partial charge in [-0.3, -0.25) is 0 Å². The van der Waals surface area contributed by atoms with E-state index < -0.39 is 5.76 Å². The second kappa shape index (κ2) is 7.09. The van der Waals surface area contributed by atoms with Gasteiger partial charge in [-0.1, -0.05) is 17.7 Å². The van der Waals surface area contributed by atoms with Gasteiger partial charge in [-0.25, -0.2) is 0 Å². The Hall–Kier alpha value is -1.32. The van der Waals surface area contributed by atoms with Gasteiger partial charge in [-0.2, -0.15) is 8.78 Å². The maximum atomic E-state index is 12.1. The average molecular weight is 272 g/mol. The number of alkyl halides is 2. The molecule has 0 aliphatic heterocycles. The van der Waals surface area contributed by atoms with Crippen molar-refractivity contribution in [2.24, 2.45) is 0 Å². The van der Waals surface area contributed by atoms with Crippen molar-refractivity contribution in [2.75, 3.05) is 11.9 Å². The number of halogens is 2. The van der Waals surface area contributed by atoms with Crippen molar-refractivity contribution in [3.63, 3.8) is 0 Å². The summed E-state index contributed by atoms with van der Waals surface area (Å²) in [6, 6.07) is 6.55.